The molecule has 8 heavy (non-hydrogen) atoms. The summed E-state index contributed by atoms with van der Waals surface area (Å²) in [7, 11) is 1.60. The Morgan fingerprint density at radius 1 is 1.50 bits per heavy atom. The Hall–Kier alpha value is -0.500. The first-order valence-electron chi connectivity index (χ1n) is 2.55. The molecule has 0 saturated heterocycles. The molecule has 2 heteroatoms. The van der Waals surface area contributed by atoms with Crippen molar-refractivity contribution in [2.24, 2.45) is 5.73 Å². The molecule has 0 amide bonds. The van der Waals surface area contributed by atoms with Gasteiger partial charge < -0.3 is 10.5 Å². The van der Waals surface area contributed by atoms with Gasteiger partial charge in [0.2, 0.25) is 0 Å². The van der Waals surface area contributed by atoms with Crippen molar-refractivity contribution in [1.82, 2.24) is 0 Å². The predicted octanol–water partition coefficient (Wildman–Crippen LogP) is 0.884. The van der Waals surface area contributed by atoms with E-state index in [0.717, 1.165) is 0 Å². The third-order valence-electron chi connectivity index (χ3n) is 0.634. The molecule has 0 rings (SSSR count). The largest absolute Gasteiger partial charge is 0.505 e. The van der Waals surface area contributed by atoms with E-state index in [1.807, 2.05) is 13.8 Å². The highest BCUT2D eigenvalue weighted by Crippen LogP contribution is 1.96. The zero-order chi connectivity index (χ0) is 6.62. The Kier molecular flexibility index (Phi) is 2.55. The Labute approximate surface area is 50.3 Å². The van der Waals surface area contributed by atoms with Crippen LogP contribution in [-0.4, -0.2) is 12.6 Å². The molecule has 0 atom stereocenters. The molecule has 0 aromatic carbocycles. The fraction of sp³-hybridized carbons (Fsp3) is 0.667. The molecule has 0 aliphatic rings. The second-order valence-electron chi connectivity index (χ2n) is 2.36. The zero-order valence-electron chi connectivity index (χ0n) is 5.64. The van der Waals surface area contributed by atoms with Crippen LogP contribution in [-0.2, 0) is 4.74 Å². The summed E-state index contributed by atoms with van der Waals surface area (Å²) < 4.78 is 4.66. The van der Waals surface area contributed by atoms with Crippen LogP contribution in [0.4, 0.5) is 0 Å². The second-order valence-corrected chi connectivity index (χ2v) is 2.36. The summed E-state index contributed by atoms with van der Waals surface area (Å²) in [5.41, 5.74) is 5.30. The van der Waals surface area contributed by atoms with Crippen LogP contribution in [0, 0.1) is 0 Å². The molecular formula is C6H13NO. The molecule has 2 nitrogen and oxygen atoms in total. The van der Waals surface area contributed by atoms with Crippen LogP contribution in [0.2, 0.25) is 0 Å². The van der Waals surface area contributed by atoms with E-state index in [1.54, 1.807) is 19.4 Å². The van der Waals surface area contributed by atoms with Crippen molar-refractivity contribution in [3.63, 3.8) is 0 Å². The van der Waals surface area contributed by atoms with Crippen molar-refractivity contribution in [3.8, 4) is 0 Å². The number of rotatable bonds is 2. The second kappa shape index (κ2) is 2.72. The molecule has 2 N–H and O–H groups in total. The molecule has 48 valence electrons. The zero-order valence-corrected chi connectivity index (χ0v) is 5.64. The Balaban J connectivity index is 3.52. The summed E-state index contributed by atoms with van der Waals surface area (Å²) in [5.74, 6) is 0. The lowest BCUT2D eigenvalue weighted by Crippen LogP contribution is -2.28. The Morgan fingerprint density at radius 3 is 2.12 bits per heavy atom. The maximum absolute atomic E-state index is 5.55. The van der Waals surface area contributed by atoms with Gasteiger partial charge in [-0.15, -0.1) is 0 Å². The van der Waals surface area contributed by atoms with Gasteiger partial charge in [-0.05, 0) is 19.9 Å². The van der Waals surface area contributed by atoms with Crippen molar-refractivity contribution in [2.45, 2.75) is 19.4 Å². The van der Waals surface area contributed by atoms with Crippen LogP contribution in [0.1, 0.15) is 13.8 Å². The van der Waals surface area contributed by atoms with Crippen LogP contribution in [0.15, 0.2) is 12.3 Å². The van der Waals surface area contributed by atoms with Crippen molar-refractivity contribution < 1.29 is 4.74 Å². The van der Waals surface area contributed by atoms with E-state index < -0.39 is 0 Å². The van der Waals surface area contributed by atoms with Gasteiger partial charge in [0.25, 0.3) is 0 Å². The first-order chi connectivity index (χ1) is 3.56. The Bertz CT molecular complexity index is 81.0. The van der Waals surface area contributed by atoms with Crippen LogP contribution in [0.3, 0.4) is 0 Å². The van der Waals surface area contributed by atoms with E-state index in [-0.39, 0.29) is 5.54 Å². The number of hydrogen-bond acceptors (Lipinski definition) is 2. The standard InChI is InChI=1S/C6H13NO/c1-6(2,7)4-5-8-3/h4-5H,7H2,1-3H3/b5-4-. The van der Waals surface area contributed by atoms with Crippen molar-refractivity contribution in [2.75, 3.05) is 7.11 Å². The van der Waals surface area contributed by atoms with Gasteiger partial charge >= 0.3 is 0 Å². The topological polar surface area (TPSA) is 35.2 Å². The Morgan fingerprint density at radius 2 is 2.00 bits per heavy atom. The highest BCUT2D eigenvalue weighted by molar-refractivity contribution is 4.94. The van der Waals surface area contributed by atoms with Crippen molar-refractivity contribution in [1.29, 1.82) is 0 Å². The summed E-state index contributed by atoms with van der Waals surface area (Å²) in [6, 6.07) is 0. The normalized spacial score (nSPS) is 12.5. The SMILES string of the molecule is CO/C=C\C(C)(C)N. The summed E-state index contributed by atoms with van der Waals surface area (Å²) in [5, 5.41) is 0. The van der Waals surface area contributed by atoms with E-state index in [0.29, 0.717) is 0 Å². The first kappa shape index (κ1) is 7.50. The van der Waals surface area contributed by atoms with Gasteiger partial charge in [-0.3, -0.25) is 0 Å². The summed E-state index contributed by atoms with van der Waals surface area (Å²) >= 11 is 0. The lowest BCUT2D eigenvalue weighted by Gasteiger charge is -2.10. The molecule has 0 heterocycles. The predicted molar refractivity (Wildman–Crippen MR) is 34.4 cm³/mol. The quantitative estimate of drug-likeness (QED) is 0.542. The minimum atomic E-state index is -0.254. The van der Waals surface area contributed by atoms with Crippen LogP contribution in [0.5, 0.6) is 0 Å². The number of ether oxygens (including phenoxy) is 1. The first-order valence-corrected chi connectivity index (χ1v) is 2.55. The average molecular weight is 115 g/mol. The maximum atomic E-state index is 5.55. The van der Waals surface area contributed by atoms with E-state index in [4.69, 9.17) is 5.73 Å². The summed E-state index contributed by atoms with van der Waals surface area (Å²) in [4.78, 5) is 0. The average Bonchev–Trinajstić information content (AvgIpc) is 1.59. The van der Waals surface area contributed by atoms with Gasteiger partial charge in [-0.1, -0.05) is 0 Å². The van der Waals surface area contributed by atoms with E-state index in [2.05, 4.69) is 4.74 Å². The van der Waals surface area contributed by atoms with Gasteiger partial charge in [-0.25, -0.2) is 0 Å². The smallest absolute Gasteiger partial charge is 0.0802 e. The van der Waals surface area contributed by atoms with Gasteiger partial charge in [0.15, 0.2) is 0 Å². The molecule has 0 aromatic heterocycles. The van der Waals surface area contributed by atoms with Gasteiger partial charge in [0.05, 0.1) is 13.4 Å². The third kappa shape index (κ3) is 5.50. The highest BCUT2D eigenvalue weighted by Gasteiger charge is 2.02. The fourth-order valence-corrected chi connectivity index (χ4v) is 0.243. The minimum Gasteiger partial charge on any atom is -0.505 e. The van der Waals surface area contributed by atoms with Crippen LogP contribution >= 0.6 is 0 Å². The molecule has 0 unspecified atom stereocenters. The lowest BCUT2D eigenvalue weighted by molar-refractivity contribution is 0.333. The molecule has 0 bridgehead atoms. The van der Waals surface area contributed by atoms with Crippen molar-refractivity contribution in [3.05, 3.63) is 12.3 Å². The summed E-state index contributed by atoms with van der Waals surface area (Å²) in [6.45, 7) is 3.81. The highest BCUT2D eigenvalue weighted by atomic mass is 16.5. The molecular weight excluding hydrogens is 102 g/mol. The van der Waals surface area contributed by atoms with Gasteiger partial charge in [0.1, 0.15) is 0 Å². The monoisotopic (exact) mass is 115 g/mol. The number of nitrogens with two attached hydrogens (primary N) is 1. The molecule has 0 fully saturated rings. The van der Waals surface area contributed by atoms with E-state index in [1.165, 1.54) is 0 Å². The molecule has 0 radical (unpaired) electrons. The molecule has 0 aliphatic heterocycles. The maximum Gasteiger partial charge on any atom is 0.0802 e. The van der Waals surface area contributed by atoms with E-state index in [9.17, 15) is 0 Å². The van der Waals surface area contributed by atoms with Crippen LogP contribution in [0.25, 0.3) is 0 Å². The summed E-state index contributed by atoms with van der Waals surface area (Å²) in [6.07, 6.45) is 3.38. The van der Waals surface area contributed by atoms with E-state index >= 15 is 0 Å². The van der Waals surface area contributed by atoms with Crippen molar-refractivity contribution >= 4 is 0 Å². The van der Waals surface area contributed by atoms with Gasteiger partial charge in [-0.2, -0.15) is 0 Å². The molecule has 0 spiro atoms. The molecule has 0 saturated carbocycles. The minimum absolute atomic E-state index is 0.254. The van der Waals surface area contributed by atoms with Gasteiger partial charge in [0, 0.05) is 5.54 Å². The fourth-order valence-electron chi connectivity index (χ4n) is 0.243. The third-order valence-corrected chi connectivity index (χ3v) is 0.634. The lowest BCUT2D eigenvalue weighted by atomic mass is 10.1. The molecule has 0 aliphatic carbocycles. The number of methoxy groups -OCH3 is 1. The number of hydrogen-bond donors (Lipinski definition) is 1. The molecule has 0 aromatic rings. The van der Waals surface area contributed by atoms with Crippen LogP contribution < -0.4 is 5.73 Å².